The number of nitrogens with zero attached hydrogens (tertiary/aromatic N) is 1. The van der Waals surface area contributed by atoms with Gasteiger partial charge in [-0.15, -0.1) is 4.83 Å². The Hall–Kier alpha value is -2.83. The quantitative estimate of drug-likeness (QED) is 0.447. The molecule has 2 heterocycles. The first-order valence-corrected chi connectivity index (χ1v) is 7.35. The molecule has 6 N–H and O–H groups in total. The number of pyridine rings is 1. The number of hydrogen-bond acceptors (Lipinski definition) is 6. The number of amides is 1. The minimum absolute atomic E-state index is 0. The number of carbonyl (C=O) groups excluding carboxylic acids is 1. The molecule has 1 amide bonds. The summed E-state index contributed by atoms with van der Waals surface area (Å²) in [4.78, 5) is 43.1. The van der Waals surface area contributed by atoms with Crippen molar-refractivity contribution >= 4 is 15.9 Å². The van der Waals surface area contributed by atoms with Crippen LogP contribution in [-0.4, -0.2) is 34.8 Å². The molecule has 0 saturated carbocycles. The van der Waals surface area contributed by atoms with Crippen LogP contribution in [-0.2, 0) is 10.0 Å². The summed E-state index contributed by atoms with van der Waals surface area (Å²) < 4.78 is 24.1. The van der Waals surface area contributed by atoms with Gasteiger partial charge in [-0.05, 0) is 19.1 Å². The number of hydrogen-bond donors (Lipinski definition) is 4. The molecule has 0 spiro atoms. The molecule has 124 valence electrons. The van der Waals surface area contributed by atoms with Crippen molar-refractivity contribution in [1.82, 2.24) is 25.2 Å². The Morgan fingerprint density at radius 2 is 1.78 bits per heavy atom. The van der Waals surface area contributed by atoms with Crippen LogP contribution in [0.2, 0.25) is 0 Å². The molecule has 12 heteroatoms. The molecule has 0 unspecified atom stereocenters. The first kappa shape index (κ1) is 18.2. The Bertz CT molecular complexity index is 918. The number of H-pyrrole nitrogens is 2. The van der Waals surface area contributed by atoms with Crippen LogP contribution in [0.5, 0.6) is 0 Å². The maximum Gasteiger partial charge on any atom is 0.325 e. The average molecular weight is 343 g/mol. The maximum absolute atomic E-state index is 12.0. The predicted octanol–water partition coefficient (Wildman–Crippen LogP) is -2.43. The molecule has 0 aliphatic heterocycles. The Balaban J connectivity index is 0.00000264. The molecule has 0 atom stereocenters. The first-order chi connectivity index (χ1) is 10.3. The molecular weight excluding hydrogens is 330 g/mol. The molecule has 0 aliphatic rings. The van der Waals surface area contributed by atoms with Gasteiger partial charge in [0.25, 0.3) is 21.5 Å². The second-order valence-corrected chi connectivity index (χ2v) is 5.78. The molecule has 2 aromatic rings. The van der Waals surface area contributed by atoms with Crippen LogP contribution in [0, 0.1) is 6.92 Å². The third-order valence-corrected chi connectivity index (χ3v) is 3.98. The fraction of sp³-hybridized carbons (Fsp3) is 0.0909. The Labute approximate surface area is 129 Å². The van der Waals surface area contributed by atoms with Crippen LogP contribution in [0.4, 0.5) is 0 Å². The third-order valence-electron chi connectivity index (χ3n) is 2.59. The molecule has 0 aromatic carbocycles. The molecule has 2 rings (SSSR count). The zero-order valence-electron chi connectivity index (χ0n) is 11.7. The van der Waals surface area contributed by atoms with Gasteiger partial charge in [0.15, 0.2) is 4.90 Å². The zero-order valence-corrected chi connectivity index (χ0v) is 12.5. The summed E-state index contributed by atoms with van der Waals surface area (Å²) in [5.41, 5.74) is 0.0530. The lowest BCUT2D eigenvalue weighted by Crippen LogP contribution is -2.44. The molecule has 23 heavy (non-hydrogen) atoms. The maximum atomic E-state index is 12.0. The fourth-order valence-corrected chi connectivity index (χ4v) is 2.73. The van der Waals surface area contributed by atoms with Crippen molar-refractivity contribution in [3.05, 3.63) is 56.6 Å². The standard InChI is InChI=1S/C11H11N5O5S.H2O/c1-6-8(10(18)14-11(19)13-6)22(20,21)16-15-9(17)7-2-4-12-5-3-7;/h2-5,16H,1H3,(H,15,17)(H2,13,14,18,19);1H2. The highest BCUT2D eigenvalue weighted by Crippen LogP contribution is 2.04. The molecule has 0 aliphatic carbocycles. The van der Waals surface area contributed by atoms with E-state index in [0.717, 1.165) is 0 Å². The lowest BCUT2D eigenvalue weighted by Gasteiger charge is -2.09. The first-order valence-electron chi connectivity index (χ1n) is 5.86. The molecule has 0 saturated heterocycles. The van der Waals surface area contributed by atoms with Gasteiger partial charge < -0.3 is 10.5 Å². The van der Waals surface area contributed by atoms with Crippen molar-refractivity contribution in [2.75, 3.05) is 0 Å². The highest BCUT2D eigenvalue weighted by Gasteiger charge is 2.23. The molecule has 0 bridgehead atoms. The van der Waals surface area contributed by atoms with Gasteiger partial charge in [-0.25, -0.2) is 13.2 Å². The summed E-state index contributed by atoms with van der Waals surface area (Å²) in [6, 6.07) is 2.75. The zero-order chi connectivity index (χ0) is 16.3. The van der Waals surface area contributed by atoms with E-state index >= 15 is 0 Å². The second-order valence-electron chi connectivity index (χ2n) is 4.16. The van der Waals surface area contributed by atoms with Gasteiger partial charge in [-0.3, -0.25) is 25.0 Å². The van der Waals surface area contributed by atoms with Crippen LogP contribution >= 0.6 is 0 Å². The van der Waals surface area contributed by atoms with E-state index in [1.807, 2.05) is 5.43 Å². The minimum atomic E-state index is -4.35. The van der Waals surface area contributed by atoms with Crippen molar-refractivity contribution < 1.29 is 18.7 Å². The van der Waals surface area contributed by atoms with Crippen LogP contribution in [0.1, 0.15) is 16.1 Å². The predicted molar refractivity (Wildman–Crippen MR) is 78.1 cm³/mol. The topological polar surface area (TPSA) is 185 Å². The van der Waals surface area contributed by atoms with E-state index < -0.39 is 32.1 Å². The van der Waals surface area contributed by atoms with Crippen LogP contribution < -0.4 is 21.5 Å². The van der Waals surface area contributed by atoms with Gasteiger partial charge in [0.2, 0.25) is 0 Å². The lowest BCUT2D eigenvalue weighted by molar-refractivity contribution is 0.0945. The summed E-state index contributed by atoms with van der Waals surface area (Å²) in [5.74, 6) is -0.732. The number of hydrazine groups is 1. The number of aryl methyl sites for hydroxylation is 1. The van der Waals surface area contributed by atoms with Crippen molar-refractivity contribution in [2.45, 2.75) is 11.8 Å². The Morgan fingerprint density at radius 1 is 1.17 bits per heavy atom. The Morgan fingerprint density at radius 3 is 2.35 bits per heavy atom. The highest BCUT2D eigenvalue weighted by atomic mass is 32.2. The smallest absolute Gasteiger partial charge is 0.325 e. The van der Waals surface area contributed by atoms with E-state index in [1.54, 1.807) is 9.82 Å². The molecule has 0 radical (unpaired) electrons. The molecular formula is C11H13N5O6S. The van der Waals surface area contributed by atoms with Crippen molar-refractivity contribution in [1.29, 1.82) is 0 Å². The number of aromatic nitrogens is 3. The van der Waals surface area contributed by atoms with Crippen LogP contribution in [0.3, 0.4) is 0 Å². The average Bonchev–Trinajstić information content (AvgIpc) is 2.44. The van der Waals surface area contributed by atoms with Crippen LogP contribution in [0.15, 0.2) is 39.0 Å². The van der Waals surface area contributed by atoms with Gasteiger partial charge in [0.05, 0.1) is 0 Å². The normalized spacial score (nSPS) is 10.7. The summed E-state index contributed by atoms with van der Waals surface area (Å²) in [6.07, 6.45) is 2.72. The number of aromatic amines is 2. The second kappa shape index (κ2) is 6.95. The summed E-state index contributed by atoms with van der Waals surface area (Å²) in [7, 11) is -4.35. The SMILES string of the molecule is Cc1[nH]c(=O)[nH]c(=O)c1S(=O)(=O)NNC(=O)c1ccncc1.O. The van der Waals surface area contributed by atoms with Gasteiger partial charge in [-0.2, -0.15) is 0 Å². The van der Waals surface area contributed by atoms with Gasteiger partial charge in [0, 0.05) is 23.7 Å². The number of sulfonamides is 1. The monoisotopic (exact) mass is 343 g/mol. The third kappa shape index (κ3) is 4.09. The van der Waals surface area contributed by atoms with E-state index in [4.69, 9.17) is 0 Å². The Kier molecular flexibility index (Phi) is 5.51. The van der Waals surface area contributed by atoms with Gasteiger partial charge >= 0.3 is 5.69 Å². The van der Waals surface area contributed by atoms with E-state index in [-0.39, 0.29) is 16.7 Å². The highest BCUT2D eigenvalue weighted by molar-refractivity contribution is 7.89. The molecule has 0 fully saturated rings. The van der Waals surface area contributed by atoms with E-state index in [0.29, 0.717) is 0 Å². The van der Waals surface area contributed by atoms with E-state index in [9.17, 15) is 22.8 Å². The fourth-order valence-electron chi connectivity index (χ4n) is 1.65. The minimum Gasteiger partial charge on any atom is -0.412 e. The lowest BCUT2D eigenvalue weighted by atomic mass is 10.3. The van der Waals surface area contributed by atoms with Crippen molar-refractivity contribution in [3.63, 3.8) is 0 Å². The number of rotatable bonds is 4. The van der Waals surface area contributed by atoms with Crippen molar-refractivity contribution in [2.24, 2.45) is 0 Å². The summed E-state index contributed by atoms with van der Waals surface area (Å²) in [6.45, 7) is 1.25. The van der Waals surface area contributed by atoms with Crippen LogP contribution in [0.25, 0.3) is 0 Å². The van der Waals surface area contributed by atoms with Crippen molar-refractivity contribution in [3.8, 4) is 0 Å². The summed E-state index contributed by atoms with van der Waals surface area (Å²) >= 11 is 0. The molecule has 2 aromatic heterocycles. The van der Waals surface area contributed by atoms with Gasteiger partial charge in [-0.1, -0.05) is 0 Å². The van der Waals surface area contributed by atoms with E-state index in [1.165, 1.54) is 31.5 Å². The largest absolute Gasteiger partial charge is 0.412 e. The number of carbonyl (C=O) groups is 1. The van der Waals surface area contributed by atoms with E-state index in [2.05, 4.69) is 9.97 Å². The summed E-state index contributed by atoms with van der Waals surface area (Å²) in [5, 5.41) is 0. The number of nitrogens with one attached hydrogen (secondary N) is 4. The molecule has 11 nitrogen and oxygen atoms in total. The van der Waals surface area contributed by atoms with Gasteiger partial charge in [0.1, 0.15) is 0 Å².